The number of hydroxylamine groups is 2. The molecule has 0 aromatic rings. The number of carbonyl (C=O) groups is 1. The Hall–Kier alpha value is -0.610. The smallest absolute Gasteiger partial charge is 0.327 e. The number of carbonyl (C=O) groups excluding carboxylic acids is 1. The van der Waals surface area contributed by atoms with Gasteiger partial charge in [0.15, 0.2) is 0 Å². The van der Waals surface area contributed by atoms with Crippen molar-refractivity contribution < 1.29 is 14.7 Å². The summed E-state index contributed by atoms with van der Waals surface area (Å²) in [4.78, 5) is 17.1. The summed E-state index contributed by atoms with van der Waals surface area (Å²) in [6.07, 6.45) is 2.56. The largest absolute Gasteiger partial charge is 0.393 e. The van der Waals surface area contributed by atoms with E-state index in [1.165, 1.54) is 0 Å². The van der Waals surface area contributed by atoms with Crippen LogP contribution in [0.2, 0.25) is 0 Å². The molecule has 0 amide bonds. The fourth-order valence-corrected chi connectivity index (χ4v) is 2.60. The van der Waals surface area contributed by atoms with Gasteiger partial charge < -0.3 is 9.94 Å². The molecule has 1 N–H and O–H groups in total. The maximum Gasteiger partial charge on any atom is 0.327 e. The summed E-state index contributed by atoms with van der Waals surface area (Å²) < 4.78 is 0. The zero-order valence-electron chi connectivity index (χ0n) is 11.6. The van der Waals surface area contributed by atoms with Gasteiger partial charge in [0, 0.05) is 0 Å². The van der Waals surface area contributed by atoms with Gasteiger partial charge in [0.2, 0.25) is 0 Å². The number of hydrogen-bond donors (Lipinski definition) is 1. The van der Waals surface area contributed by atoms with Crippen LogP contribution in [-0.4, -0.2) is 33.3 Å². The first kappa shape index (κ1) is 14.5. The van der Waals surface area contributed by atoms with Gasteiger partial charge in [-0.05, 0) is 53.9 Å². The van der Waals surface area contributed by atoms with Gasteiger partial charge in [-0.1, -0.05) is 0 Å². The molecule has 0 radical (unpaired) electrons. The first-order chi connectivity index (χ1) is 7.65. The average Bonchev–Trinajstić information content (AvgIpc) is 2.09. The lowest BCUT2D eigenvalue weighted by Crippen LogP contribution is -2.58. The average molecular weight is 243 g/mol. The van der Waals surface area contributed by atoms with Gasteiger partial charge in [-0.3, -0.25) is 4.79 Å². The molecule has 1 saturated heterocycles. The standard InChI is InChI=1S/C13H25NO3/c1-10(15)9-11(16)17-14-12(2,3)7-6-8-13(14,4)5/h10,15H,6-9H2,1-5H3. The lowest BCUT2D eigenvalue weighted by molar-refractivity contribution is -0.266. The Balaban J connectivity index is 2.73. The fourth-order valence-electron chi connectivity index (χ4n) is 2.60. The molecule has 1 fully saturated rings. The number of nitrogens with zero attached hydrogens (tertiary/aromatic N) is 1. The molecule has 0 spiro atoms. The summed E-state index contributed by atoms with van der Waals surface area (Å²) in [6, 6.07) is 0. The van der Waals surface area contributed by atoms with Gasteiger partial charge in [0.25, 0.3) is 0 Å². The molecule has 17 heavy (non-hydrogen) atoms. The summed E-state index contributed by atoms with van der Waals surface area (Å²) in [7, 11) is 0. The molecule has 1 rings (SSSR count). The van der Waals surface area contributed by atoms with Crippen LogP contribution in [0.1, 0.15) is 60.3 Å². The zero-order valence-corrected chi connectivity index (χ0v) is 11.6. The Morgan fingerprint density at radius 2 is 1.76 bits per heavy atom. The molecule has 1 atom stereocenters. The third-order valence-corrected chi connectivity index (χ3v) is 3.33. The molecule has 0 saturated carbocycles. The van der Waals surface area contributed by atoms with E-state index >= 15 is 0 Å². The van der Waals surface area contributed by atoms with Crippen molar-refractivity contribution in [2.45, 2.75) is 77.5 Å². The van der Waals surface area contributed by atoms with Crippen molar-refractivity contribution in [2.75, 3.05) is 0 Å². The highest BCUT2D eigenvalue weighted by atomic mass is 16.7. The van der Waals surface area contributed by atoms with Crippen molar-refractivity contribution in [3.63, 3.8) is 0 Å². The molecule has 0 aromatic carbocycles. The minimum Gasteiger partial charge on any atom is -0.393 e. The summed E-state index contributed by atoms with van der Waals surface area (Å²) in [6.45, 7) is 9.94. The summed E-state index contributed by atoms with van der Waals surface area (Å²) in [5, 5.41) is 11.0. The molecule has 1 heterocycles. The maximum absolute atomic E-state index is 11.7. The van der Waals surface area contributed by atoms with Crippen LogP contribution >= 0.6 is 0 Å². The van der Waals surface area contributed by atoms with Crippen LogP contribution in [0.4, 0.5) is 0 Å². The number of aliphatic hydroxyl groups excluding tert-OH is 1. The van der Waals surface area contributed by atoms with Crippen LogP contribution < -0.4 is 0 Å². The van der Waals surface area contributed by atoms with E-state index in [1.54, 1.807) is 6.92 Å². The number of piperidine rings is 1. The second-order valence-electron chi connectivity index (χ2n) is 6.29. The molecule has 4 nitrogen and oxygen atoms in total. The van der Waals surface area contributed by atoms with Crippen LogP contribution in [0, 0.1) is 0 Å². The quantitative estimate of drug-likeness (QED) is 0.826. The first-order valence-corrected chi connectivity index (χ1v) is 6.34. The van der Waals surface area contributed by atoms with Crippen LogP contribution in [0.5, 0.6) is 0 Å². The van der Waals surface area contributed by atoms with Gasteiger partial charge in [-0.15, -0.1) is 5.06 Å². The van der Waals surface area contributed by atoms with Crippen molar-refractivity contribution >= 4 is 5.97 Å². The fraction of sp³-hybridized carbons (Fsp3) is 0.923. The Morgan fingerprint density at radius 1 is 1.29 bits per heavy atom. The van der Waals surface area contributed by atoms with Crippen molar-refractivity contribution in [2.24, 2.45) is 0 Å². The molecular formula is C13H25NO3. The van der Waals surface area contributed by atoms with E-state index in [0.717, 1.165) is 19.3 Å². The van der Waals surface area contributed by atoms with Gasteiger partial charge in [-0.2, -0.15) is 0 Å². The lowest BCUT2D eigenvalue weighted by atomic mass is 9.82. The Kier molecular flexibility index (Phi) is 4.20. The SMILES string of the molecule is CC(O)CC(=O)ON1C(C)(C)CCCC1(C)C. The number of hydrogen-bond acceptors (Lipinski definition) is 4. The van der Waals surface area contributed by atoms with Crippen molar-refractivity contribution in [3.05, 3.63) is 0 Å². The predicted molar refractivity (Wildman–Crippen MR) is 66.2 cm³/mol. The second kappa shape index (κ2) is 4.94. The van der Waals surface area contributed by atoms with Gasteiger partial charge in [0.05, 0.1) is 23.6 Å². The molecule has 4 heteroatoms. The molecule has 0 aliphatic carbocycles. The topological polar surface area (TPSA) is 49.8 Å². The Morgan fingerprint density at radius 3 is 2.18 bits per heavy atom. The molecular weight excluding hydrogens is 218 g/mol. The summed E-state index contributed by atoms with van der Waals surface area (Å²) >= 11 is 0. The summed E-state index contributed by atoms with van der Waals surface area (Å²) in [5.74, 6) is -0.358. The highest BCUT2D eigenvalue weighted by molar-refractivity contribution is 5.69. The van der Waals surface area contributed by atoms with Gasteiger partial charge in [0.1, 0.15) is 0 Å². The van der Waals surface area contributed by atoms with E-state index in [2.05, 4.69) is 27.7 Å². The summed E-state index contributed by atoms with van der Waals surface area (Å²) in [5.41, 5.74) is -0.286. The third-order valence-electron chi connectivity index (χ3n) is 3.33. The minimum atomic E-state index is -0.654. The van der Waals surface area contributed by atoms with E-state index in [9.17, 15) is 9.90 Å². The van der Waals surface area contributed by atoms with E-state index in [4.69, 9.17) is 4.84 Å². The number of rotatable bonds is 3. The maximum atomic E-state index is 11.7. The van der Waals surface area contributed by atoms with Crippen molar-refractivity contribution in [1.82, 2.24) is 5.06 Å². The van der Waals surface area contributed by atoms with Crippen LogP contribution in [0.3, 0.4) is 0 Å². The lowest BCUT2D eigenvalue weighted by Gasteiger charge is -2.50. The monoisotopic (exact) mass is 243 g/mol. The highest BCUT2D eigenvalue weighted by Gasteiger charge is 2.44. The van der Waals surface area contributed by atoms with E-state index in [1.807, 2.05) is 5.06 Å². The highest BCUT2D eigenvalue weighted by Crippen LogP contribution is 2.38. The predicted octanol–water partition coefficient (Wildman–Crippen LogP) is 2.26. The zero-order chi connectivity index (χ0) is 13.3. The van der Waals surface area contributed by atoms with Gasteiger partial charge >= 0.3 is 5.97 Å². The van der Waals surface area contributed by atoms with Crippen molar-refractivity contribution in [1.29, 1.82) is 0 Å². The minimum absolute atomic E-state index is 0.0443. The van der Waals surface area contributed by atoms with E-state index in [0.29, 0.717) is 0 Å². The molecule has 0 bridgehead atoms. The number of aliphatic hydroxyl groups is 1. The second-order valence-corrected chi connectivity index (χ2v) is 6.29. The molecule has 1 unspecified atom stereocenters. The van der Waals surface area contributed by atoms with Crippen molar-refractivity contribution in [3.8, 4) is 0 Å². The molecule has 0 aromatic heterocycles. The van der Waals surface area contributed by atoms with Crippen LogP contribution in [0.25, 0.3) is 0 Å². The molecule has 1 aliphatic rings. The normalized spacial score (nSPS) is 25.3. The third kappa shape index (κ3) is 3.68. The van der Waals surface area contributed by atoms with Crippen LogP contribution in [0.15, 0.2) is 0 Å². The van der Waals surface area contributed by atoms with E-state index in [-0.39, 0.29) is 23.5 Å². The Bertz CT molecular complexity index is 268. The Labute approximate surface area is 104 Å². The van der Waals surface area contributed by atoms with Gasteiger partial charge in [-0.25, -0.2) is 0 Å². The first-order valence-electron chi connectivity index (χ1n) is 6.34. The molecule has 1 aliphatic heterocycles. The van der Waals surface area contributed by atoms with Crippen LogP contribution in [-0.2, 0) is 9.63 Å². The van der Waals surface area contributed by atoms with E-state index < -0.39 is 6.10 Å². The molecule has 100 valence electrons.